The molecule has 33 heteroatoms. The van der Waals surface area contributed by atoms with Crippen molar-refractivity contribution in [2.24, 2.45) is 0 Å². The number of fused-ring (bicyclic) bond motifs is 3. The van der Waals surface area contributed by atoms with E-state index in [1.165, 1.54) is 0 Å². The lowest BCUT2D eigenvalue weighted by atomic mass is 9.85. The number of ether oxygens (including phenoxy) is 6. The maximum Gasteiger partial charge on any atom is 0.314 e. The van der Waals surface area contributed by atoms with Gasteiger partial charge < -0.3 is 58.7 Å². The van der Waals surface area contributed by atoms with Crippen molar-refractivity contribution in [2.75, 3.05) is 172 Å². The third-order valence-electron chi connectivity index (χ3n) is 20.2. The number of urea groups is 1. The van der Waals surface area contributed by atoms with Gasteiger partial charge in [0.25, 0.3) is 0 Å². The molecule has 24 nitrogen and oxygen atoms in total. The van der Waals surface area contributed by atoms with E-state index in [1.807, 2.05) is 57.5 Å². The van der Waals surface area contributed by atoms with Crippen molar-refractivity contribution in [1.82, 2.24) is 44.4 Å². The summed E-state index contributed by atoms with van der Waals surface area (Å²) in [7, 11) is -5.50. The molecule has 0 spiro atoms. The molecular formula is C82H109Cl6N9O15S3. The average Bonchev–Trinajstić information content (AvgIpc) is 0.783. The van der Waals surface area contributed by atoms with Crippen LogP contribution in [0.2, 0.25) is 30.1 Å². The van der Waals surface area contributed by atoms with Gasteiger partial charge in [-0.1, -0.05) is 106 Å². The van der Waals surface area contributed by atoms with Gasteiger partial charge in [0, 0.05) is 159 Å². The zero-order chi connectivity index (χ0) is 82.3. The number of halogens is 6. The van der Waals surface area contributed by atoms with Gasteiger partial charge in [0.2, 0.25) is 30.1 Å². The molecule has 6 aromatic carbocycles. The zero-order valence-electron chi connectivity index (χ0n) is 65.7. The third-order valence-corrected chi connectivity index (χ3v) is 26.3. The number of unbranched alkanes of at least 4 members (excludes halogenated alkanes) is 2. The molecule has 0 radical (unpaired) electrons. The molecule has 0 unspecified atom stereocenters. The number of Topliss-reactive ketones (excluding diaryl/α,β-unsaturated/α-hetero) is 2. The lowest BCUT2D eigenvalue weighted by Crippen LogP contribution is -2.39. The van der Waals surface area contributed by atoms with Gasteiger partial charge in [-0.3, -0.25) is 9.59 Å². The Morgan fingerprint density at radius 1 is 0.374 bits per heavy atom. The molecule has 2 amide bonds. The van der Waals surface area contributed by atoms with E-state index in [9.17, 15) is 39.6 Å². The summed E-state index contributed by atoms with van der Waals surface area (Å²) in [6.45, 7) is 10.1. The highest BCUT2D eigenvalue weighted by Gasteiger charge is 2.32. The van der Waals surface area contributed by atoms with E-state index in [-0.39, 0.29) is 129 Å². The first-order chi connectivity index (χ1) is 55.2. The first-order valence-corrected chi connectivity index (χ1v) is 46.0. The number of ketones is 2. The largest absolute Gasteiger partial charge is 0.379 e. The fourth-order valence-corrected chi connectivity index (χ4v) is 19.4. The molecule has 5 N–H and O–H groups in total. The maximum absolute atomic E-state index is 13.3. The molecule has 3 heterocycles. The van der Waals surface area contributed by atoms with Crippen LogP contribution in [0.25, 0.3) is 0 Å². The quantitative estimate of drug-likeness (QED) is 0.0222. The summed E-state index contributed by atoms with van der Waals surface area (Å²) in [4.78, 5) is 47.8. The summed E-state index contributed by atoms with van der Waals surface area (Å²) < 4.78 is 122. The smallest absolute Gasteiger partial charge is 0.314 e. The van der Waals surface area contributed by atoms with E-state index >= 15 is 0 Å². The van der Waals surface area contributed by atoms with E-state index in [0.717, 1.165) is 76.0 Å². The second-order valence-electron chi connectivity index (χ2n) is 29.3. The van der Waals surface area contributed by atoms with E-state index in [0.29, 0.717) is 167 Å². The van der Waals surface area contributed by atoms with Crippen molar-refractivity contribution in [3.8, 4) is 0 Å². The molecule has 6 aromatic rings. The van der Waals surface area contributed by atoms with E-state index in [4.69, 9.17) is 98.0 Å². The number of carbonyl (C=O) groups excluding carboxylic acids is 3. The van der Waals surface area contributed by atoms with Crippen molar-refractivity contribution in [3.63, 3.8) is 0 Å². The Kier molecular flexibility index (Phi) is 39.1. The second kappa shape index (κ2) is 47.9. The predicted molar refractivity (Wildman–Crippen MR) is 452 cm³/mol. The molecule has 0 aromatic heterocycles. The van der Waals surface area contributed by atoms with Crippen molar-refractivity contribution < 1.29 is 68.1 Å². The predicted octanol–water partition coefficient (Wildman–Crippen LogP) is 12.7. The van der Waals surface area contributed by atoms with Crippen LogP contribution in [0.3, 0.4) is 0 Å². The minimum Gasteiger partial charge on any atom is -0.379 e. The minimum absolute atomic E-state index is 0.0560. The molecule has 632 valence electrons. The first-order valence-electron chi connectivity index (χ1n) is 39.3. The van der Waals surface area contributed by atoms with Crippen LogP contribution in [0.4, 0.5) is 4.79 Å². The Labute approximate surface area is 709 Å². The summed E-state index contributed by atoms with van der Waals surface area (Å²) >= 11 is 38.9. The minimum atomic E-state index is -3.84. The molecule has 3 aliphatic heterocycles. The van der Waals surface area contributed by atoms with Gasteiger partial charge >= 0.3 is 6.03 Å². The summed E-state index contributed by atoms with van der Waals surface area (Å²) in [6, 6.07) is 31.3. The number of nitrogens with zero attached hydrogens (tertiary/aromatic N) is 4. The van der Waals surface area contributed by atoms with Crippen LogP contribution in [0.5, 0.6) is 0 Å². The standard InChI is InChI=1S/C82H109Cl6N9O15S3/c1-94-53-73(70-47-62(83)50-79(86)76(70)56-94)59-14-8-21-67(44-59)113(101,102)91-26-35-110-40-38-107-32-11-19-65(98)17-4-6-29-97(30-7-5-18-66(99)20-12-33-108-39-41-111-36-27-92-114(103,104)68-22-9-15-60(45-68)74-54-95(2)57-77-71(74)48-63(84)51-80(77)87)31-13-24-89-82(100)90-25-34-109-42-43-112-37-28-93-115(105,106)69-23-10-16-61(46-69)75-55-96(3)58-78-72(75)49-64(85)52-81(78)88/h8-10,14-16,21-23,44-52,73-75,91-93H,4-7,11-13,17-20,24-43,53-58H2,1-3H3,(H2,89,90,100)/t73-,74-,75-/m0/s1. The lowest BCUT2D eigenvalue weighted by Gasteiger charge is -2.33. The summed E-state index contributed by atoms with van der Waals surface area (Å²) in [6.07, 6.45) is 6.42. The van der Waals surface area contributed by atoms with Crippen molar-refractivity contribution in [3.05, 3.63) is 189 Å². The van der Waals surface area contributed by atoms with Crippen LogP contribution in [0, 0.1) is 0 Å². The zero-order valence-corrected chi connectivity index (χ0v) is 72.7. The van der Waals surface area contributed by atoms with Gasteiger partial charge in [-0.25, -0.2) is 44.2 Å². The fraction of sp³-hybridized carbons (Fsp3) is 0.524. The Balaban J connectivity index is 0.614. The van der Waals surface area contributed by atoms with Crippen molar-refractivity contribution >= 4 is 117 Å². The van der Waals surface area contributed by atoms with Gasteiger partial charge in [0.1, 0.15) is 11.6 Å². The van der Waals surface area contributed by atoms with Crippen molar-refractivity contribution in [2.45, 2.75) is 123 Å². The molecule has 3 atom stereocenters. The molecular weight excluding hydrogens is 1660 g/mol. The molecule has 9 rings (SSSR count). The number of benzene rings is 6. The highest BCUT2D eigenvalue weighted by atomic mass is 35.5. The number of hydrogen-bond acceptors (Lipinski definition) is 19. The van der Waals surface area contributed by atoms with E-state index in [1.54, 1.807) is 72.8 Å². The Hall–Kier alpha value is -5.00. The van der Waals surface area contributed by atoms with Gasteiger partial charge in [0.15, 0.2) is 0 Å². The monoisotopic (exact) mass is 1770 g/mol. The SMILES string of the molecule is CN1Cc2c(Cl)cc(Cl)cc2[C@H](c2cccc(S(=O)(=O)NCCOCCOCCCC(=O)CCCCN(CCCCC(=O)CCCOCCOCCNS(=O)(=O)c3cccc([C@@H]4CN(C)Cc5c(Cl)cc(Cl)cc54)c3)CCCNC(=O)NCCOCCOCCNS(=O)(=O)c3cccc([C@@H]4CN(C)Cc5c(Cl)cc(Cl)cc54)c3)c2)C1. The van der Waals surface area contributed by atoms with Gasteiger partial charge in [0.05, 0.1) is 80.8 Å². The number of likely N-dealkylation sites (N-methyl/N-ethyl adjacent to an activating group) is 3. The molecule has 0 bridgehead atoms. The fourth-order valence-electron chi connectivity index (χ4n) is 14.5. The number of nitrogens with one attached hydrogen (secondary N) is 5. The normalized spacial score (nSPS) is 16.2. The van der Waals surface area contributed by atoms with E-state index in [2.05, 4.69) is 44.4 Å². The average molecular weight is 1770 g/mol. The highest BCUT2D eigenvalue weighted by molar-refractivity contribution is 7.90. The molecule has 0 aliphatic carbocycles. The molecule has 115 heavy (non-hydrogen) atoms. The van der Waals surface area contributed by atoms with Crippen LogP contribution >= 0.6 is 69.6 Å². The topological polar surface area (TPSA) is 282 Å². The molecule has 3 aliphatic rings. The van der Waals surface area contributed by atoms with Crippen LogP contribution in [-0.2, 0) is 87.7 Å². The molecule has 0 fully saturated rings. The third kappa shape index (κ3) is 30.6. The summed E-state index contributed by atoms with van der Waals surface area (Å²) in [5, 5.41) is 9.07. The summed E-state index contributed by atoms with van der Waals surface area (Å²) in [5.41, 5.74) is 8.43. The lowest BCUT2D eigenvalue weighted by molar-refractivity contribution is -0.120. The Morgan fingerprint density at radius 3 is 1.03 bits per heavy atom. The number of sulfonamides is 3. The number of hydrogen-bond donors (Lipinski definition) is 5. The maximum atomic E-state index is 13.3. The second-order valence-corrected chi connectivity index (χ2v) is 37.1. The number of amides is 2. The van der Waals surface area contributed by atoms with Gasteiger partial charge in [-0.15, -0.1) is 0 Å². The summed E-state index contributed by atoms with van der Waals surface area (Å²) in [5.74, 6) is -0.0429. The van der Waals surface area contributed by atoms with Crippen LogP contribution in [0.15, 0.2) is 124 Å². The highest BCUT2D eigenvalue weighted by Crippen LogP contribution is 2.42. The van der Waals surface area contributed by atoms with Gasteiger partial charge in [-0.05, 0) is 209 Å². The Bertz CT molecular complexity index is 4080. The van der Waals surface area contributed by atoms with Crippen molar-refractivity contribution in [1.29, 1.82) is 0 Å². The molecule has 0 saturated heterocycles. The van der Waals surface area contributed by atoms with Gasteiger partial charge in [-0.2, -0.15) is 0 Å². The van der Waals surface area contributed by atoms with Crippen LogP contribution in [-0.4, -0.2) is 235 Å². The Morgan fingerprint density at radius 2 is 0.678 bits per heavy atom. The molecule has 0 saturated carbocycles. The first kappa shape index (κ1) is 93.9. The van der Waals surface area contributed by atoms with E-state index < -0.39 is 30.1 Å². The van der Waals surface area contributed by atoms with Crippen LogP contribution in [0.1, 0.15) is 138 Å². The number of rotatable bonds is 52. The number of carbonyl (C=O) groups is 3. The van der Waals surface area contributed by atoms with Crippen LogP contribution < -0.4 is 24.8 Å².